The molecule has 4 aromatic rings. The zero-order valence-corrected chi connectivity index (χ0v) is 22.7. The first kappa shape index (κ1) is 26.6. The van der Waals surface area contributed by atoms with Crippen molar-refractivity contribution < 1.29 is 14.3 Å². The molecule has 0 atom stereocenters. The molecule has 1 saturated carbocycles. The van der Waals surface area contributed by atoms with Crippen LogP contribution in [0.5, 0.6) is 11.5 Å². The third kappa shape index (κ3) is 6.38. The number of likely N-dealkylation sites (N-methyl/N-ethyl adjacent to an activating group) is 1. The summed E-state index contributed by atoms with van der Waals surface area (Å²) < 4.78 is 5.85. The summed E-state index contributed by atoms with van der Waals surface area (Å²) in [6, 6.07) is 14.8. The van der Waals surface area contributed by atoms with Crippen LogP contribution in [0.2, 0.25) is 5.02 Å². The van der Waals surface area contributed by atoms with E-state index in [1.807, 2.05) is 49.3 Å². The maximum absolute atomic E-state index is 13.6. The third-order valence-corrected chi connectivity index (χ3v) is 7.08. The first-order chi connectivity index (χ1) is 18.9. The van der Waals surface area contributed by atoms with Gasteiger partial charge in [-0.3, -0.25) is 9.59 Å². The Bertz CT molecular complexity index is 1460. The summed E-state index contributed by atoms with van der Waals surface area (Å²) in [6.45, 7) is 0.383. The lowest BCUT2D eigenvalue weighted by molar-refractivity contribution is -0.122. The maximum Gasteiger partial charge on any atom is 0.234 e. The summed E-state index contributed by atoms with van der Waals surface area (Å²) in [5, 5.41) is 7.56. The summed E-state index contributed by atoms with van der Waals surface area (Å²) >= 11 is 6.54. The van der Waals surface area contributed by atoms with E-state index in [4.69, 9.17) is 16.3 Å². The van der Waals surface area contributed by atoms with Gasteiger partial charge in [0, 0.05) is 29.9 Å². The predicted molar refractivity (Wildman–Crippen MR) is 152 cm³/mol. The van der Waals surface area contributed by atoms with E-state index in [0.29, 0.717) is 51.0 Å². The number of hydrogen-bond donors (Lipinski definition) is 3. The lowest BCUT2D eigenvalue weighted by Crippen LogP contribution is -2.43. The number of halogens is 1. The Labute approximate surface area is 231 Å². The van der Waals surface area contributed by atoms with E-state index in [1.165, 1.54) is 6.33 Å². The molecule has 202 valence electrons. The first-order valence-corrected chi connectivity index (χ1v) is 13.3. The van der Waals surface area contributed by atoms with Crippen molar-refractivity contribution in [3.05, 3.63) is 77.2 Å². The maximum atomic E-state index is 13.6. The molecule has 0 aliphatic heterocycles. The molecule has 1 aliphatic rings. The number of nitrogens with zero attached hydrogens (tertiary/aromatic N) is 3. The lowest BCUT2D eigenvalue weighted by atomic mass is 9.91. The first-order valence-electron chi connectivity index (χ1n) is 13.0. The Hall–Kier alpha value is -3.95. The Kier molecular flexibility index (Phi) is 8.09. The molecule has 0 spiro atoms. The van der Waals surface area contributed by atoms with Crippen molar-refractivity contribution >= 4 is 40.1 Å². The van der Waals surface area contributed by atoms with Crippen molar-refractivity contribution in [1.82, 2.24) is 25.2 Å². The molecule has 1 amide bonds. The van der Waals surface area contributed by atoms with E-state index in [9.17, 15) is 9.59 Å². The van der Waals surface area contributed by atoms with Crippen LogP contribution in [0, 0.1) is 0 Å². The summed E-state index contributed by atoms with van der Waals surface area (Å²) in [4.78, 5) is 39.5. The Balaban J connectivity index is 1.30. The van der Waals surface area contributed by atoms with Crippen molar-refractivity contribution in [1.29, 1.82) is 0 Å². The number of amides is 1. The van der Waals surface area contributed by atoms with Gasteiger partial charge in [-0.15, -0.1) is 0 Å². The van der Waals surface area contributed by atoms with E-state index < -0.39 is 0 Å². The van der Waals surface area contributed by atoms with E-state index in [0.717, 1.165) is 25.7 Å². The lowest BCUT2D eigenvalue weighted by Gasteiger charge is -2.30. The van der Waals surface area contributed by atoms with Gasteiger partial charge < -0.3 is 25.3 Å². The second-order valence-corrected chi connectivity index (χ2v) is 10.4. The fourth-order valence-corrected chi connectivity index (χ4v) is 5.16. The molecular weight excluding hydrogens is 516 g/mol. The monoisotopic (exact) mass is 546 g/mol. The van der Waals surface area contributed by atoms with Gasteiger partial charge in [0.25, 0.3) is 0 Å². The number of anilines is 1. The Morgan fingerprint density at radius 1 is 1.00 bits per heavy atom. The molecule has 0 saturated heterocycles. The number of carbonyl (C=O) groups excluding carboxylic acids is 2. The minimum Gasteiger partial charge on any atom is -0.457 e. The molecule has 2 heterocycles. The third-order valence-electron chi connectivity index (χ3n) is 6.77. The zero-order valence-electron chi connectivity index (χ0n) is 21.9. The van der Waals surface area contributed by atoms with Gasteiger partial charge in [0.2, 0.25) is 5.91 Å². The number of para-hydroxylation sites is 1. The van der Waals surface area contributed by atoms with Crippen LogP contribution in [0.3, 0.4) is 0 Å². The van der Waals surface area contributed by atoms with Gasteiger partial charge in [0.05, 0.1) is 22.5 Å². The molecule has 1 aliphatic carbocycles. The topological polar surface area (TPSA) is 112 Å². The molecule has 9 nitrogen and oxygen atoms in total. The minimum atomic E-state index is -0.234. The number of H-pyrrole nitrogens is 1. The van der Waals surface area contributed by atoms with Crippen LogP contribution < -0.4 is 15.4 Å². The van der Waals surface area contributed by atoms with Crippen LogP contribution >= 0.6 is 11.6 Å². The second-order valence-electron chi connectivity index (χ2n) is 10.0. The SMILES string of the molecule is CN(C)CC(=O)NC1CCC(Nc2ncnc3[nH]cc(C(=O)c4ccc(Oc5ccccc5)cc4Cl)c23)CC1. The van der Waals surface area contributed by atoms with E-state index in [1.54, 1.807) is 24.4 Å². The highest BCUT2D eigenvalue weighted by molar-refractivity contribution is 6.35. The van der Waals surface area contributed by atoms with Gasteiger partial charge in [-0.1, -0.05) is 29.8 Å². The highest BCUT2D eigenvalue weighted by Crippen LogP contribution is 2.32. The number of rotatable bonds is 9. The molecule has 5 rings (SSSR count). The summed E-state index contributed by atoms with van der Waals surface area (Å²) in [7, 11) is 3.76. The van der Waals surface area contributed by atoms with E-state index in [2.05, 4.69) is 25.6 Å². The van der Waals surface area contributed by atoms with Crippen LogP contribution in [0.25, 0.3) is 11.0 Å². The van der Waals surface area contributed by atoms with E-state index in [-0.39, 0.29) is 23.8 Å². The fourth-order valence-electron chi connectivity index (χ4n) is 4.90. The summed E-state index contributed by atoms with van der Waals surface area (Å²) in [5.74, 6) is 1.64. The summed E-state index contributed by atoms with van der Waals surface area (Å²) in [6.07, 6.45) is 6.62. The Morgan fingerprint density at radius 2 is 1.74 bits per heavy atom. The van der Waals surface area contributed by atoms with Gasteiger partial charge in [0.1, 0.15) is 29.3 Å². The van der Waals surface area contributed by atoms with Gasteiger partial charge in [0.15, 0.2) is 5.78 Å². The van der Waals surface area contributed by atoms with Gasteiger partial charge >= 0.3 is 0 Å². The molecule has 0 radical (unpaired) electrons. The van der Waals surface area contributed by atoms with Crippen molar-refractivity contribution in [3.8, 4) is 11.5 Å². The Morgan fingerprint density at radius 3 is 2.46 bits per heavy atom. The van der Waals surface area contributed by atoms with Crippen molar-refractivity contribution in [2.45, 2.75) is 37.8 Å². The molecule has 10 heteroatoms. The van der Waals surface area contributed by atoms with Gasteiger partial charge in [-0.25, -0.2) is 9.97 Å². The fraction of sp³-hybridized carbons (Fsp3) is 0.310. The molecule has 0 bridgehead atoms. The van der Waals surface area contributed by atoms with Crippen LogP contribution in [-0.4, -0.2) is 64.3 Å². The number of benzene rings is 2. The van der Waals surface area contributed by atoms with Crippen LogP contribution in [0.15, 0.2) is 61.1 Å². The van der Waals surface area contributed by atoms with Crippen LogP contribution in [0.4, 0.5) is 5.82 Å². The van der Waals surface area contributed by atoms with E-state index >= 15 is 0 Å². The number of aromatic amines is 1. The van der Waals surface area contributed by atoms with Crippen molar-refractivity contribution in [2.75, 3.05) is 26.0 Å². The number of nitrogens with one attached hydrogen (secondary N) is 3. The van der Waals surface area contributed by atoms with Crippen LogP contribution in [-0.2, 0) is 4.79 Å². The normalized spacial score (nSPS) is 17.2. The number of fused-ring (bicyclic) bond motifs is 1. The highest BCUT2D eigenvalue weighted by Gasteiger charge is 2.25. The molecule has 1 fully saturated rings. The second kappa shape index (κ2) is 11.8. The quantitative estimate of drug-likeness (QED) is 0.252. The molecule has 0 unspecified atom stereocenters. The number of carbonyl (C=O) groups is 2. The number of hydrogen-bond acceptors (Lipinski definition) is 7. The van der Waals surface area contributed by atoms with Gasteiger partial charge in [-0.05, 0) is 64.0 Å². The van der Waals surface area contributed by atoms with Gasteiger partial charge in [-0.2, -0.15) is 0 Å². The standard InChI is InChI=1S/C29H31ClN6O3/c1-36(2)16-25(37)34-18-8-10-19(11-9-18)35-29-26-23(15-31-28(26)32-17-33-29)27(38)22-13-12-21(14-24(22)30)39-20-6-4-3-5-7-20/h3-7,12-15,17-19H,8-11,16H2,1-2H3,(H,34,37)(H2,31,32,33,35). The number of ketones is 1. The zero-order chi connectivity index (χ0) is 27.4. The molecule has 2 aromatic heterocycles. The minimum absolute atomic E-state index is 0.0442. The average molecular weight is 547 g/mol. The number of ether oxygens (including phenoxy) is 1. The smallest absolute Gasteiger partial charge is 0.234 e. The molecule has 39 heavy (non-hydrogen) atoms. The molecule has 2 aromatic carbocycles. The highest BCUT2D eigenvalue weighted by atomic mass is 35.5. The van der Waals surface area contributed by atoms with Crippen molar-refractivity contribution in [2.24, 2.45) is 0 Å². The van der Waals surface area contributed by atoms with Crippen LogP contribution in [0.1, 0.15) is 41.6 Å². The molecular formula is C29H31ClN6O3. The van der Waals surface area contributed by atoms with Crippen molar-refractivity contribution in [3.63, 3.8) is 0 Å². The predicted octanol–water partition coefficient (Wildman–Crippen LogP) is 5.04. The average Bonchev–Trinajstić information content (AvgIpc) is 3.35. The summed E-state index contributed by atoms with van der Waals surface area (Å²) in [5.41, 5.74) is 1.37. The molecule has 3 N–H and O–H groups in total. The largest absolute Gasteiger partial charge is 0.457 e. The number of aromatic nitrogens is 3.